The van der Waals surface area contributed by atoms with Crippen LogP contribution in [0, 0.1) is 12.3 Å². The second-order valence-electron chi connectivity index (χ2n) is 8.86. The van der Waals surface area contributed by atoms with Gasteiger partial charge in [-0.2, -0.15) is 0 Å². The van der Waals surface area contributed by atoms with Crippen molar-refractivity contribution in [1.29, 1.82) is 0 Å². The molecule has 3 fully saturated rings. The van der Waals surface area contributed by atoms with Gasteiger partial charge in [0.15, 0.2) is 0 Å². The van der Waals surface area contributed by atoms with Gasteiger partial charge in [0.1, 0.15) is 5.41 Å². The highest BCUT2D eigenvalue weighted by molar-refractivity contribution is 6.08. The topological polar surface area (TPSA) is 52.7 Å². The number of hydrogen-bond acceptors (Lipinski definition) is 3. The average Bonchev–Trinajstić information content (AvgIpc) is 3.53. The van der Waals surface area contributed by atoms with E-state index in [1.54, 1.807) is 0 Å². The number of piperazine rings is 1. The maximum atomic E-state index is 13.2. The third-order valence-corrected chi connectivity index (χ3v) is 6.72. The molecule has 0 unspecified atom stereocenters. The zero-order valence-corrected chi connectivity index (χ0v) is 17.1. The van der Waals surface area contributed by atoms with E-state index in [9.17, 15) is 9.59 Å². The standard InChI is InChI=1S/C23H33N3O2/c1-18-7-6-10-20(17-18)25-13-15-26(16-14-25)22(28)23(11-12-23)21(27)24-19-8-4-2-3-5-9-19/h6-7,10,17,19H,2-5,8-9,11-16H2,1H3,(H,24,27). The molecule has 2 amide bonds. The van der Waals surface area contributed by atoms with Crippen LogP contribution < -0.4 is 10.2 Å². The van der Waals surface area contributed by atoms with E-state index < -0.39 is 5.41 Å². The Morgan fingerprint density at radius 1 is 1.00 bits per heavy atom. The molecule has 0 radical (unpaired) electrons. The van der Waals surface area contributed by atoms with Crippen LogP contribution in [-0.4, -0.2) is 48.9 Å². The minimum atomic E-state index is -0.766. The van der Waals surface area contributed by atoms with Gasteiger partial charge in [0, 0.05) is 37.9 Å². The van der Waals surface area contributed by atoms with Crippen LogP contribution in [-0.2, 0) is 9.59 Å². The van der Waals surface area contributed by atoms with Gasteiger partial charge in [-0.3, -0.25) is 9.59 Å². The fraction of sp³-hybridized carbons (Fsp3) is 0.652. The molecular weight excluding hydrogens is 350 g/mol. The Kier molecular flexibility index (Phi) is 5.61. The first-order valence-electron chi connectivity index (χ1n) is 11.0. The van der Waals surface area contributed by atoms with E-state index in [1.165, 1.54) is 36.9 Å². The highest BCUT2D eigenvalue weighted by atomic mass is 16.2. The molecule has 0 bridgehead atoms. The van der Waals surface area contributed by atoms with E-state index in [0.717, 1.165) is 25.9 Å². The predicted octanol–water partition coefficient (Wildman–Crippen LogP) is 3.26. The van der Waals surface area contributed by atoms with Gasteiger partial charge < -0.3 is 15.1 Å². The Bertz CT molecular complexity index is 712. The number of anilines is 1. The van der Waals surface area contributed by atoms with Crippen molar-refractivity contribution in [2.45, 2.75) is 64.3 Å². The Labute approximate surface area is 168 Å². The first-order chi connectivity index (χ1) is 13.6. The van der Waals surface area contributed by atoms with Gasteiger partial charge in [-0.15, -0.1) is 0 Å². The van der Waals surface area contributed by atoms with E-state index in [4.69, 9.17) is 0 Å². The second kappa shape index (κ2) is 8.14. The van der Waals surface area contributed by atoms with Gasteiger partial charge in [0.25, 0.3) is 0 Å². The van der Waals surface area contributed by atoms with Crippen LogP contribution >= 0.6 is 0 Å². The molecular formula is C23H33N3O2. The summed E-state index contributed by atoms with van der Waals surface area (Å²) in [4.78, 5) is 30.4. The number of nitrogens with zero attached hydrogens (tertiary/aromatic N) is 2. The summed E-state index contributed by atoms with van der Waals surface area (Å²) in [6.45, 7) is 5.16. The number of hydrogen-bond donors (Lipinski definition) is 1. The van der Waals surface area contributed by atoms with E-state index in [0.29, 0.717) is 25.9 Å². The summed E-state index contributed by atoms with van der Waals surface area (Å²) in [5, 5.41) is 3.23. The molecule has 28 heavy (non-hydrogen) atoms. The van der Waals surface area contributed by atoms with Crippen molar-refractivity contribution in [1.82, 2.24) is 10.2 Å². The SMILES string of the molecule is Cc1cccc(N2CCN(C(=O)C3(C(=O)NC4CCCCCC4)CC3)CC2)c1. The largest absolute Gasteiger partial charge is 0.368 e. The van der Waals surface area contributed by atoms with Crippen LogP contribution in [0.5, 0.6) is 0 Å². The lowest BCUT2D eigenvalue weighted by atomic mass is 10.0. The van der Waals surface area contributed by atoms with E-state index in [2.05, 4.69) is 41.4 Å². The Morgan fingerprint density at radius 2 is 1.68 bits per heavy atom. The van der Waals surface area contributed by atoms with Crippen molar-refractivity contribution in [3.05, 3.63) is 29.8 Å². The number of carbonyl (C=O) groups excluding carboxylic acids is 2. The number of nitrogens with one attached hydrogen (secondary N) is 1. The lowest BCUT2D eigenvalue weighted by molar-refractivity contribution is -0.144. The summed E-state index contributed by atoms with van der Waals surface area (Å²) in [6, 6.07) is 8.78. The summed E-state index contributed by atoms with van der Waals surface area (Å²) in [6.07, 6.45) is 8.45. The van der Waals surface area contributed by atoms with E-state index in [1.807, 2.05) is 4.90 Å². The van der Waals surface area contributed by atoms with Crippen molar-refractivity contribution in [2.75, 3.05) is 31.1 Å². The molecule has 0 aromatic heterocycles. The maximum Gasteiger partial charge on any atom is 0.238 e. The number of aryl methyl sites for hydroxylation is 1. The van der Waals surface area contributed by atoms with Gasteiger partial charge in [0.05, 0.1) is 0 Å². The number of benzene rings is 1. The quantitative estimate of drug-likeness (QED) is 0.641. The summed E-state index contributed by atoms with van der Waals surface area (Å²) < 4.78 is 0. The monoisotopic (exact) mass is 383 g/mol. The average molecular weight is 384 g/mol. The molecule has 5 heteroatoms. The Balaban J connectivity index is 1.33. The van der Waals surface area contributed by atoms with Crippen LogP contribution in [0.2, 0.25) is 0 Å². The summed E-state index contributed by atoms with van der Waals surface area (Å²) in [5.74, 6) is 0.0491. The van der Waals surface area contributed by atoms with Crippen LogP contribution in [0.4, 0.5) is 5.69 Å². The zero-order valence-electron chi connectivity index (χ0n) is 17.1. The fourth-order valence-corrected chi connectivity index (χ4v) is 4.71. The number of rotatable bonds is 4. The minimum absolute atomic E-state index is 0.00878. The molecule has 0 spiro atoms. The minimum Gasteiger partial charge on any atom is -0.368 e. The molecule has 4 rings (SSSR count). The number of carbonyl (C=O) groups is 2. The first-order valence-corrected chi connectivity index (χ1v) is 11.0. The molecule has 1 saturated heterocycles. The third kappa shape index (κ3) is 4.03. The Hall–Kier alpha value is -2.04. The fourth-order valence-electron chi connectivity index (χ4n) is 4.71. The molecule has 5 nitrogen and oxygen atoms in total. The van der Waals surface area contributed by atoms with Crippen molar-refractivity contribution in [3.8, 4) is 0 Å². The Morgan fingerprint density at radius 3 is 2.29 bits per heavy atom. The van der Waals surface area contributed by atoms with Crippen LogP contribution in [0.15, 0.2) is 24.3 Å². The highest BCUT2D eigenvalue weighted by Gasteiger charge is 2.58. The molecule has 1 aromatic rings. The predicted molar refractivity (Wildman–Crippen MR) is 111 cm³/mol. The molecule has 1 heterocycles. The van der Waals surface area contributed by atoms with Gasteiger partial charge in [-0.1, -0.05) is 37.8 Å². The smallest absolute Gasteiger partial charge is 0.238 e. The first kappa shape index (κ1) is 19.3. The van der Waals surface area contributed by atoms with Gasteiger partial charge in [-0.25, -0.2) is 0 Å². The normalized spacial score (nSPS) is 22.5. The lowest BCUT2D eigenvalue weighted by Gasteiger charge is -2.37. The summed E-state index contributed by atoms with van der Waals surface area (Å²) in [7, 11) is 0. The summed E-state index contributed by atoms with van der Waals surface area (Å²) in [5.41, 5.74) is 1.71. The van der Waals surface area contributed by atoms with Crippen LogP contribution in [0.3, 0.4) is 0 Å². The van der Waals surface area contributed by atoms with Crippen molar-refractivity contribution >= 4 is 17.5 Å². The van der Waals surface area contributed by atoms with Gasteiger partial charge in [0.2, 0.25) is 11.8 Å². The molecule has 1 aromatic carbocycles. The third-order valence-electron chi connectivity index (χ3n) is 6.72. The van der Waals surface area contributed by atoms with Crippen molar-refractivity contribution in [2.24, 2.45) is 5.41 Å². The van der Waals surface area contributed by atoms with Gasteiger partial charge >= 0.3 is 0 Å². The number of amides is 2. The van der Waals surface area contributed by atoms with Crippen molar-refractivity contribution in [3.63, 3.8) is 0 Å². The summed E-state index contributed by atoms with van der Waals surface area (Å²) >= 11 is 0. The lowest BCUT2D eigenvalue weighted by Crippen LogP contribution is -2.54. The van der Waals surface area contributed by atoms with E-state index in [-0.39, 0.29) is 17.9 Å². The van der Waals surface area contributed by atoms with Crippen LogP contribution in [0.1, 0.15) is 56.9 Å². The molecule has 152 valence electrons. The van der Waals surface area contributed by atoms with Gasteiger partial charge in [-0.05, 0) is 50.3 Å². The molecule has 2 aliphatic carbocycles. The molecule has 0 atom stereocenters. The van der Waals surface area contributed by atoms with Crippen molar-refractivity contribution < 1.29 is 9.59 Å². The second-order valence-corrected chi connectivity index (χ2v) is 8.86. The molecule has 2 saturated carbocycles. The molecule has 1 N–H and O–H groups in total. The maximum absolute atomic E-state index is 13.2. The van der Waals surface area contributed by atoms with Crippen LogP contribution in [0.25, 0.3) is 0 Å². The zero-order chi connectivity index (χ0) is 19.6. The highest BCUT2D eigenvalue weighted by Crippen LogP contribution is 2.48. The molecule has 1 aliphatic heterocycles. The molecule has 3 aliphatic rings. The van der Waals surface area contributed by atoms with E-state index >= 15 is 0 Å².